The summed E-state index contributed by atoms with van der Waals surface area (Å²) < 4.78 is 2.28. The molecule has 0 aliphatic carbocycles. The molecule has 2 aliphatic heterocycles. The summed E-state index contributed by atoms with van der Waals surface area (Å²) in [4.78, 5) is 30.1. The van der Waals surface area contributed by atoms with Gasteiger partial charge in [-0.3, -0.25) is 9.59 Å². The average Bonchev–Trinajstić information content (AvgIpc) is 3.14. The highest BCUT2D eigenvalue weighted by Gasteiger charge is 2.42. The first-order valence-corrected chi connectivity index (χ1v) is 11.6. The summed E-state index contributed by atoms with van der Waals surface area (Å²) >= 11 is 0. The Morgan fingerprint density at radius 2 is 1.91 bits per heavy atom. The van der Waals surface area contributed by atoms with Crippen LogP contribution in [0.4, 0.5) is 5.69 Å². The molecule has 0 saturated heterocycles. The molecule has 0 bridgehead atoms. The van der Waals surface area contributed by atoms with Gasteiger partial charge >= 0.3 is 0 Å². The number of rotatable bonds is 6. The van der Waals surface area contributed by atoms with Crippen LogP contribution >= 0.6 is 0 Å². The highest BCUT2D eigenvalue weighted by molar-refractivity contribution is 6.02. The van der Waals surface area contributed by atoms with Crippen LogP contribution in [0.2, 0.25) is 0 Å². The molecule has 6 heteroatoms. The predicted octanol–water partition coefficient (Wildman–Crippen LogP) is 4.09. The van der Waals surface area contributed by atoms with Crippen LogP contribution in [0, 0.1) is 0 Å². The third-order valence-corrected chi connectivity index (χ3v) is 6.82. The fourth-order valence-corrected chi connectivity index (χ4v) is 5.26. The Labute approximate surface area is 188 Å². The van der Waals surface area contributed by atoms with Gasteiger partial charge < -0.3 is 19.7 Å². The van der Waals surface area contributed by atoms with Crippen LogP contribution in [-0.2, 0) is 17.8 Å². The second-order valence-corrected chi connectivity index (χ2v) is 8.74. The maximum atomic E-state index is 13.4. The summed E-state index contributed by atoms with van der Waals surface area (Å²) in [6, 6.07) is 16.3. The van der Waals surface area contributed by atoms with Gasteiger partial charge in [0.2, 0.25) is 5.91 Å². The first kappa shape index (κ1) is 20.6. The number of carbonyl (C=O) groups excluding carboxylic acids is 2. The molecule has 2 aliphatic rings. The number of para-hydroxylation sites is 2. The van der Waals surface area contributed by atoms with E-state index < -0.39 is 0 Å². The first-order valence-electron chi connectivity index (χ1n) is 11.6. The molecule has 6 nitrogen and oxygen atoms in total. The molecule has 3 aromatic rings. The van der Waals surface area contributed by atoms with Gasteiger partial charge in [-0.15, -0.1) is 0 Å². The summed E-state index contributed by atoms with van der Waals surface area (Å²) in [7, 11) is 2.07. The van der Waals surface area contributed by atoms with Gasteiger partial charge in [0.15, 0.2) is 0 Å². The van der Waals surface area contributed by atoms with Gasteiger partial charge in [-0.05, 0) is 36.6 Å². The quantitative estimate of drug-likeness (QED) is 0.599. The summed E-state index contributed by atoms with van der Waals surface area (Å²) in [5.74, 6) is 0.166. The highest BCUT2D eigenvalue weighted by Crippen LogP contribution is 2.44. The van der Waals surface area contributed by atoms with Crippen LogP contribution in [0.15, 0.2) is 48.5 Å². The Kier molecular flexibility index (Phi) is 5.37. The maximum Gasteiger partial charge on any atom is 0.257 e. The number of hydrogen-bond acceptors (Lipinski definition) is 3. The highest BCUT2D eigenvalue weighted by atomic mass is 16.2. The molecule has 1 atom stereocenters. The zero-order chi connectivity index (χ0) is 22.2. The minimum absolute atomic E-state index is 0.0797. The average molecular weight is 431 g/mol. The zero-order valence-corrected chi connectivity index (χ0v) is 18.8. The van der Waals surface area contributed by atoms with Gasteiger partial charge in [0.1, 0.15) is 6.17 Å². The largest absolute Gasteiger partial charge is 0.356 e. The van der Waals surface area contributed by atoms with Crippen molar-refractivity contribution in [1.82, 2.24) is 14.8 Å². The normalized spacial score (nSPS) is 17.2. The van der Waals surface area contributed by atoms with Gasteiger partial charge in [-0.25, -0.2) is 0 Å². The molecule has 0 fully saturated rings. The number of nitrogens with one attached hydrogen (secondary N) is 1. The van der Waals surface area contributed by atoms with E-state index in [9.17, 15) is 9.59 Å². The van der Waals surface area contributed by atoms with Crippen LogP contribution in [0.5, 0.6) is 0 Å². The van der Waals surface area contributed by atoms with Crippen molar-refractivity contribution in [3.8, 4) is 0 Å². The van der Waals surface area contributed by atoms with Crippen molar-refractivity contribution in [2.45, 2.75) is 45.3 Å². The minimum Gasteiger partial charge on any atom is -0.356 e. The third kappa shape index (κ3) is 3.25. The third-order valence-electron chi connectivity index (χ3n) is 6.82. The second kappa shape index (κ2) is 8.34. The van der Waals surface area contributed by atoms with Crippen molar-refractivity contribution in [3.05, 3.63) is 65.4 Å². The number of fused-ring (bicyclic) bond motifs is 6. The van der Waals surface area contributed by atoms with Crippen LogP contribution < -0.4 is 10.2 Å². The molecule has 1 N–H and O–H groups in total. The van der Waals surface area contributed by atoms with Crippen LogP contribution in [0.3, 0.4) is 0 Å². The predicted molar refractivity (Wildman–Crippen MR) is 127 cm³/mol. The van der Waals surface area contributed by atoms with Crippen molar-refractivity contribution >= 4 is 28.4 Å². The maximum absolute atomic E-state index is 13.4. The lowest BCUT2D eigenvalue weighted by Crippen LogP contribution is -2.51. The number of carbonyl (C=O) groups is 2. The molecule has 2 amide bonds. The Morgan fingerprint density at radius 1 is 1.12 bits per heavy atom. The molecular weight excluding hydrogens is 400 g/mol. The van der Waals surface area contributed by atoms with E-state index in [2.05, 4.69) is 53.0 Å². The van der Waals surface area contributed by atoms with Crippen molar-refractivity contribution in [2.75, 3.05) is 25.0 Å². The minimum atomic E-state index is -0.170. The lowest BCUT2D eigenvalue weighted by Gasteiger charge is -2.46. The second-order valence-electron chi connectivity index (χ2n) is 8.74. The summed E-state index contributed by atoms with van der Waals surface area (Å²) in [5, 5.41) is 4.26. The number of hydrogen-bond donors (Lipinski definition) is 1. The Balaban J connectivity index is 1.56. The van der Waals surface area contributed by atoms with E-state index >= 15 is 0 Å². The van der Waals surface area contributed by atoms with E-state index in [0.29, 0.717) is 19.5 Å². The molecule has 0 saturated carbocycles. The number of nitrogens with zero attached hydrogens (tertiary/aromatic N) is 3. The van der Waals surface area contributed by atoms with Crippen LogP contribution in [-0.4, -0.2) is 41.4 Å². The lowest BCUT2D eigenvalue weighted by atomic mass is 9.96. The summed E-state index contributed by atoms with van der Waals surface area (Å²) in [6.07, 6.45) is 3.14. The molecule has 3 heterocycles. The van der Waals surface area contributed by atoms with Crippen LogP contribution in [0.25, 0.3) is 10.9 Å². The summed E-state index contributed by atoms with van der Waals surface area (Å²) in [5.41, 5.74) is 5.30. The molecule has 166 valence electrons. The Morgan fingerprint density at radius 3 is 2.75 bits per heavy atom. The van der Waals surface area contributed by atoms with Gasteiger partial charge in [-0.2, -0.15) is 0 Å². The Hall–Kier alpha value is -3.28. The van der Waals surface area contributed by atoms with E-state index in [0.717, 1.165) is 48.3 Å². The lowest BCUT2D eigenvalue weighted by molar-refractivity contribution is -0.121. The molecule has 2 aromatic carbocycles. The topological polar surface area (TPSA) is 57.6 Å². The van der Waals surface area contributed by atoms with Crippen LogP contribution in [0.1, 0.15) is 54.0 Å². The van der Waals surface area contributed by atoms with Crippen molar-refractivity contribution in [1.29, 1.82) is 0 Å². The van der Waals surface area contributed by atoms with Gasteiger partial charge in [0.25, 0.3) is 5.91 Å². The van der Waals surface area contributed by atoms with Gasteiger partial charge in [0, 0.05) is 44.0 Å². The summed E-state index contributed by atoms with van der Waals surface area (Å²) in [6.45, 7) is 4.14. The SMILES string of the molecule is CCCCNC(=O)CCn1c2c(c3ccccc31)CCN1C(=O)c3ccccc3N(C)[C@@H]21. The van der Waals surface area contributed by atoms with Gasteiger partial charge in [-0.1, -0.05) is 43.7 Å². The van der Waals surface area contributed by atoms with Crippen molar-refractivity contribution in [2.24, 2.45) is 0 Å². The molecule has 0 unspecified atom stereocenters. The van der Waals surface area contributed by atoms with E-state index in [-0.39, 0.29) is 18.0 Å². The standard InChI is InChI=1S/C26H30N4O2/c1-3-4-15-27-23(31)14-17-29-22-12-8-5-9-18(22)19-13-16-30-25(24(19)29)28(2)21-11-7-6-10-20(21)26(30)32/h5-12,25H,3-4,13-17H2,1-2H3,(H,27,31)/t25-/m1/s1. The number of aromatic nitrogens is 1. The number of unbranched alkanes of at least 4 members (excludes halogenated alkanes) is 1. The monoisotopic (exact) mass is 430 g/mol. The number of benzene rings is 2. The van der Waals surface area contributed by atoms with Crippen molar-refractivity contribution < 1.29 is 9.59 Å². The fourth-order valence-electron chi connectivity index (χ4n) is 5.26. The molecule has 1 aromatic heterocycles. The molecule has 0 spiro atoms. The smallest absolute Gasteiger partial charge is 0.257 e. The fraction of sp³-hybridized carbons (Fsp3) is 0.385. The first-order chi connectivity index (χ1) is 15.6. The molecular formula is C26H30N4O2. The van der Waals surface area contributed by atoms with E-state index in [1.54, 1.807) is 0 Å². The Bertz CT molecular complexity index is 1180. The zero-order valence-electron chi connectivity index (χ0n) is 18.8. The van der Waals surface area contributed by atoms with E-state index in [1.807, 2.05) is 29.2 Å². The van der Waals surface area contributed by atoms with E-state index in [4.69, 9.17) is 0 Å². The molecule has 5 rings (SSSR count). The van der Waals surface area contributed by atoms with Crippen molar-refractivity contribution in [3.63, 3.8) is 0 Å². The molecule has 32 heavy (non-hydrogen) atoms. The van der Waals surface area contributed by atoms with Gasteiger partial charge in [0.05, 0.1) is 16.9 Å². The molecule has 0 radical (unpaired) electrons. The number of aryl methyl sites for hydroxylation is 1. The number of anilines is 1. The van der Waals surface area contributed by atoms with E-state index in [1.165, 1.54) is 10.9 Å². The number of amides is 2.